The molecule has 1 saturated carbocycles. The van der Waals surface area contributed by atoms with Crippen molar-refractivity contribution in [3.05, 3.63) is 78.3 Å². The van der Waals surface area contributed by atoms with Crippen molar-refractivity contribution in [2.45, 2.75) is 19.8 Å². The molecule has 0 bridgehead atoms. The molecule has 188 valence electrons. The average molecular weight is 504 g/mol. The van der Waals surface area contributed by atoms with E-state index in [4.69, 9.17) is 10.5 Å². The minimum absolute atomic E-state index is 0.00234. The average Bonchev–Trinajstić information content (AvgIpc) is 3.58. The monoisotopic (exact) mass is 504 g/mol. The first kappa shape index (κ1) is 24.0. The van der Waals surface area contributed by atoms with Gasteiger partial charge in [0.1, 0.15) is 22.8 Å². The highest BCUT2D eigenvalue weighted by atomic mass is 19.1. The Hall–Kier alpha value is -4.67. The second kappa shape index (κ2) is 9.08. The van der Waals surface area contributed by atoms with E-state index in [0.717, 1.165) is 22.6 Å². The Labute approximate surface area is 210 Å². The van der Waals surface area contributed by atoms with E-state index in [1.165, 1.54) is 30.5 Å². The van der Waals surface area contributed by atoms with E-state index in [2.05, 4.69) is 15.1 Å². The molecule has 0 radical (unpaired) electrons. The molecule has 1 aliphatic rings. The number of primary amides is 1. The standard InChI is InChI=1S/C26H22F2N6O3/c1-15-11-19(28)21(12-22(15)37-25-30-10-7-20(32-25)16-13-31-33(2)14-16)34(18-5-3-17(27)4-6-18)24(36)26(8-9-26)23(29)35/h3-7,10-14H,8-9H2,1-2H3,(H2,29,35). The number of nitrogens with zero attached hydrogens (tertiary/aromatic N) is 5. The number of anilines is 2. The molecule has 2 N–H and O–H groups in total. The minimum Gasteiger partial charge on any atom is -0.424 e. The van der Waals surface area contributed by atoms with Crippen LogP contribution >= 0.6 is 0 Å². The van der Waals surface area contributed by atoms with Gasteiger partial charge in [-0.1, -0.05) is 0 Å². The predicted molar refractivity (Wildman–Crippen MR) is 130 cm³/mol. The van der Waals surface area contributed by atoms with Crippen molar-refractivity contribution in [1.82, 2.24) is 19.7 Å². The van der Waals surface area contributed by atoms with E-state index < -0.39 is 28.9 Å². The van der Waals surface area contributed by atoms with Crippen molar-refractivity contribution in [3.63, 3.8) is 0 Å². The molecule has 11 heteroatoms. The third-order valence-electron chi connectivity index (χ3n) is 6.24. The molecule has 4 aromatic rings. The summed E-state index contributed by atoms with van der Waals surface area (Å²) < 4.78 is 36.5. The van der Waals surface area contributed by atoms with Gasteiger partial charge in [-0.05, 0) is 61.7 Å². The number of nitrogens with two attached hydrogens (primary N) is 1. The van der Waals surface area contributed by atoms with Crippen molar-refractivity contribution < 1.29 is 23.1 Å². The zero-order valence-electron chi connectivity index (χ0n) is 20.0. The lowest BCUT2D eigenvalue weighted by Crippen LogP contribution is -2.41. The largest absolute Gasteiger partial charge is 0.424 e. The zero-order chi connectivity index (χ0) is 26.3. The number of carbonyl (C=O) groups excluding carboxylic acids is 2. The van der Waals surface area contributed by atoms with Crippen molar-refractivity contribution in [3.8, 4) is 23.0 Å². The number of amides is 2. The molecule has 1 fully saturated rings. The molecule has 0 saturated heterocycles. The second-order valence-electron chi connectivity index (χ2n) is 8.86. The van der Waals surface area contributed by atoms with Crippen LogP contribution in [0.3, 0.4) is 0 Å². The predicted octanol–water partition coefficient (Wildman–Crippen LogP) is 4.19. The normalized spacial score (nSPS) is 13.7. The number of benzene rings is 2. The SMILES string of the molecule is Cc1cc(F)c(N(C(=O)C2(C(N)=O)CC2)c2ccc(F)cc2)cc1Oc1nccc(-c2cnn(C)c2)n1. The number of hydrogen-bond acceptors (Lipinski definition) is 6. The molecule has 0 unspecified atom stereocenters. The molecule has 37 heavy (non-hydrogen) atoms. The van der Waals surface area contributed by atoms with Gasteiger partial charge in [-0.15, -0.1) is 0 Å². The lowest BCUT2D eigenvalue weighted by Gasteiger charge is -2.27. The summed E-state index contributed by atoms with van der Waals surface area (Å²) in [4.78, 5) is 35.3. The summed E-state index contributed by atoms with van der Waals surface area (Å²) in [6, 6.07) is 9.14. The minimum atomic E-state index is -1.45. The van der Waals surface area contributed by atoms with Crippen LogP contribution in [0, 0.1) is 24.0 Å². The number of halogens is 2. The summed E-state index contributed by atoms with van der Waals surface area (Å²) in [7, 11) is 1.78. The van der Waals surface area contributed by atoms with Crippen LogP contribution < -0.4 is 15.4 Å². The maximum Gasteiger partial charge on any atom is 0.322 e. The maximum atomic E-state index is 15.4. The number of aromatic nitrogens is 4. The molecule has 1 aliphatic carbocycles. The Morgan fingerprint density at radius 1 is 1.14 bits per heavy atom. The Morgan fingerprint density at radius 2 is 1.86 bits per heavy atom. The van der Waals surface area contributed by atoms with E-state index in [1.54, 1.807) is 37.1 Å². The molecule has 2 aromatic heterocycles. The summed E-state index contributed by atoms with van der Waals surface area (Å²) >= 11 is 0. The van der Waals surface area contributed by atoms with Crippen molar-refractivity contribution in [1.29, 1.82) is 0 Å². The Morgan fingerprint density at radius 3 is 2.49 bits per heavy atom. The van der Waals surface area contributed by atoms with Crippen molar-refractivity contribution >= 4 is 23.2 Å². The summed E-state index contributed by atoms with van der Waals surface area (Å²) in [6.07, 6.45) is 5.43. The molecule has 2 heterocycles. The number of ether oxygens (including phenoxy) is 1. The molecule has 5 rings (SSSR count). The van der Waals surface area contributed by atoms with Crippen LogP contribution in [0.4, 0.5) is 20.2 Å². The fourth-order valence-electron chi connectivity index (χ4n) is 3.99. The number of carbonyl (C=O) groups is 2. The molecule has 9 nitrogen and oxygen atoms in total. The molecular formula is C26H22F2N6O3. The second-order valence-corrected chi connectivity index (χ2v) is 8.86. The van der Waals surface area contributed by atoms with Gasteiger partial charge < -0.3 is 10.5 Å². The highest BCUT2D eigenvalue weighted by molar-refractivity contribution is 6.16. The Bertz CT molecular complexity index is 1520. The van der Waals surface area contributed by atoms with Crippen LogP contribution in [0.2, 0.25) is 0 Å². The maximum absolute atomic E-state index is 15.4. The van der Waals surface area contributed by atoms with Gasteiger partial charge in [0.05, 0.1) is 17.6 Å². The van der Waals surface area contributed by atoms with Crippen molar-refractivity contribution in [2.24, 2.45) is 18.2 Å². The van der Waals surface area contributed by atoms with Gasteiger partial charge in [0, 0.05) is 36.8 Å². The molecule has 2 aromatic carbocycles. The van der Waals surface area contributed by atoms with E-state index in [-0.39, 0.29) is 36.0 Å². The molecule has 0 aliphatic heterocycles. The van der Waals surface area contributed by atoms with E-state index in [1.807, 2.05) is 0 Å². The Balaban J connectivity index is 1.56. The summed E-state index contributed by atoms with van der Waals surface area (Å²) in [5.41, 5.74) is 5.79. The lowest BCUT2D eigenvalue weighted by molar-refractivity contribution is -0.133. The highest BCUT2D eigenvalue weighted by Gasteiger charge is 2.57. The fraction of sp³-hybridized carbons (Fsp3) is 0.192. The molecular weight excluding hydrogens is 482 g/mol. The topological polar surface area (TPSA) is 116 Å². The first-order valence-corrected chi connectivity index (χ1v) is 11.4. The van der Waals surface area contributed by atoms with Gasteiger partial charge in [0.15, 0.2) is 0 Å². The fourth-order valence-corrected chi connectivity index (χ4v) is 3.99. The third-order valence-corrected chi connectivity index (χ3v) is 6.24. The summed E-state index contributed by atoms with van der Waals surface area (Å²) in [5.74, 6) is -2.59. The van der Waals surface area contributed by atoms with Gasteiger partial charge in [-0.2, -0.15) is 10.1 Å². The van der Waals surface area contributed by atoms with Crippen LogP contribution in [0.1, 0.15) is 18.4 Å². The van der Waals surface area contributed by atoms with Crippen LogP contribution in [-0.4, -0.2) is 31.6 Å². The number of aryl methyl sites for hydroxylation is 2. The summed E-state index contributed by atoms with van der Waals surface area (Å²) in [6.45, 7) is 1.63. The molecule has 0 spiro atoms. The van der Waals surface area contributed by atoms with Gasteiger partial charge in [-0.3, -0.25) is 19.2 Å². The van der Waals surface area contributed by atoms with Gasteiger partial charge in [0.2, 0.25) is 11.8 Å². The highest BCUT2D eigenvalue weighted by Crippen LogP contribution is 2.49. The van der Waals surface area contributed by atoms with E-state index in [9.17, 15) is 14.0 Å². The molecule has 0 atom stereocenters. The van der Waals surface area contributed by atoms with Crippen LogP contribution in [0.5, 0.6) is 11.8 Å². The first-order valence-electron chi connectivity index (χ1n) is 11.4. The first-order chi connectivity index (χ1) is 17.7. The number of hydrogen-bond donors (Lipinski definition) is 1. The zero-order valence-corrected chi connectivity index (χ0v) is 20.0. The number of rotatable bonds is 7. The van der Waals surface area contributed by atoms with Crippen molar-refractivity contribution in [2.75, 3.05) is 4.90 Å². The van der Waals surface area contributed by atoms with Gasteiger partial charge >= 0.3 is 6.01 Å². The van der Waals surface area contributed by atoms with Gasteiger partial charge in [-0.25, -0.2) is 13.8 Å². The molecule has 2 amide bonds. The van der Waals surface area contributed by atoms with Crippen LogP contribution in [-0.2, 0) is 16.6 Å². The van der Waals surface area contributed by atoms with Gasteiger partial charge in [0.25, 0.3) is 0 Å². The Kier molecular flexibility index (Phi) is 5.90. The third kappa shape index (κ3) is 4.51. The lowest BCUT2D eigenvalue weighted by atomic mass is 10.0. The van der Waals surface area contributed by atoms with Crippen LogP contribution in [0.15, 0.2) is 61.1 Å². The van der Waals surface area contributed by atoms with E-state index in [0.29, 0.717) is 11.3 Å². The summed E-state index contributed by atoms with van der Waals surface area (Å²) in [5, 5.41) is 4.13. The van der Waals surface area contributed by atoms with E-state index >= 15 is 4.39 Å². The van der Waals surface area contributed by atoms with Crippen LogP contribution in [0.25, 0.3) is 11.3 Å². The quantitative estimate of drug-likeness (QED) is 0.378. The smallest absolute Gasteiger partial charge is 0.322 e.